The molecule has 0 bridgehead atoms. The van der Waals surface area contributed by atoms with Gasteiger partial charge in [0.15, 0.2) is 9.84 Å². The van der Waals surface area contributed by atoms with Crippen LogP contribution in [0, 0.1) is 12.7 Å². The van der Waals surface area contributed by atoms with E-state index in [1.165, 1.54) is 28.4 Å². The molecule has 1 fully saturated rings. The second-order valence-corrected chi connectivity index (χ2v) is 10.0. The smallest absolute Gasteiger partial charge is 0.264 e. The van der Waals surface area contributed by atoms with Gasteiger partial charge in [0.05, 0.1) is 27.8 Å². The lowest BCUT2D eigenvalue weighted by molar-refractivity contribution is 0.0752. The Morgan fingerprint density at radius 1 is 1.33 bits per heavy atom. The minimum atomic E-state index is -3.06. The number of hydrogen-bond acceptors (Lipinski definition) is 5. The van der Waals surface area contributed by atoms with E-state index in [2.05, 4.69) is 5.10 Å². The van der Waals surface area contributed by atoms with Crippen molar-refractivity contribution in [3.63, 3.8) is 0 Å². The van der Waals surface area contributed by atoms with Crippen LogP contribution in [0.5, 0.6) is 0 Å². The summed E-state index contributed by atoms with van der Waals surface area (Å²) in [6, 6.07) is 7.51. The molecule has 1 saturated heterocycles. The fraction of sp³-hybridized carbons (Fsp3) is 0.333. The number of amides is 1. The van der Waals surface area contributed by atoms with Crippen molar-refractivity contribution in [1.29, 1.82) is 0 Å². The predicted molar refractivity (Wildman–Crippen MR) is 103 cm³/mol. The number of fused-ring (bicyclic) bond motifs is 1. The van der Waals surface area contributed by atoms with E-state index in [4.69, 9.17) is 0 Å². The van der Waals surface area contributed by atoms with Gasteiger partial charge in [-0.05, 0) is 43.7 Å². The molecule has 142 valence electrons. The zero-order chi connectivity index (χ0) is 19.3. The molecule has 3 aromatic rings. The molecule has 1 amide bonds. The number of carbonyl (C=O) groups excluding carboxylic acids is 1. The summed E-state index contributed by atoms with van der Waals surface area (Å²) in [5.41, 5.74) is 1.49. The molecule has 4 rings (SSSR count). The topological polar surface area (TPSA) is 72.3 Å². The zero-order valence-corrected chi connectivity index (χ0v) is 16.5. The monoisotopic (exact) mass is 407 g/mol. The van der Waals surface area contributed by atoms with Gasteiger partial charge < -0.3 is 4.90 Å². The number of rotatable bonds is 3. The number of benzene rings is 1. The van der Waals surface area contributed by atoms with Gasteiger partial charge >= 0.3 is 0 Å². The molecule has 1 aliphatic heterocycles. The Bertz CT molecular complexity index is 1130. The Kier molecular flexibility index (Phi) is 4.31. The Hall–Kier alpha value is -2.26. The third-order valence-electron chi connectivity index (χ3n) is 4.90. The largest absolute Gasteiger partial charge is 0.337 e. The Morgan fingerprint density at radius 2 is 2.04 bits per heavy atom. The number of aryl methyl sites for hydroxylation is 1. The third kappa shape index (κ3) is 3.25. The average Bonchev–Trinajstić information content (AvgIpc) is 3.29. The Morgan fingerprint density at radius 3 is 2.67 bits per heavy atom. The number of aromatic nitrogens is 2. The quantitative estimate of drug-likeness (QED) is 0.669. The van der Waals surface area contributed by atoms with Gasteiger partial charge in [-0.1, -0.05) is 0 Å². The molecule has 3 heterocycles. The first-order valence-electron chi connectivity index (χ1n) is 8.48. The SMILES string of the molecule is Cc1nn(-c2ccc(F)cc2)c2sc(C(=O)N(C)[C@H]3CCS(=O)(=O)C3)cc12. The summed E-state index contributed by atoms with van der Waals surface area (Å²) in [6.45, 7) is 1.86. The van der Waals surface area contributed by atoms with E-state index in [0.29, 0.717) is 17.0 Å². The number of hydrogen-bond donors (Lipinski definition) is 0. The first kappa shape index (κ1) is 18.1. The van der Waals surface area contributed by atoms with Crippen LogP contribution in [0.3, 0.4) is 0 Å². The van der Waals surface area contributed by atoms with Crippen LogP contribution in [0.25, 0.3) is 15.9 Å². The van der Waals surface area contributed by atoms with Crippen LogP contribution in [-0.2, 0) is 9.84 Å². The van der Waals surface area contributed by atoms with Crippen molar-refractivity contribution in [2.45, 2.75) is 19.4 Å². The van der Waals surface area contributed by atoms with Crippen molar-refractivity contribution in [1.82, 2.24) is 14.7 Å². The van der Waals surface area contributed by atoms with E-state index in [9.17, 15) is 17.6 Å². The molecule has 1 atom stereocenters. The van der Waals surface area contributed by atoms with Gasteiger partial charge in [0.25, 0.3) is 5.91 Å². The fourth-order valence-electron chi connectivity index (χ4n) is 3.33. The van der Waals surface area contributed by atoms with Crippen LogP contribution in [-0.4, -0.2) is 53.6 Å². The number of nitrogens with zero attached hydrogens (tertiary/aromatic N) is 3. The molecule has 0 radical (unpaired) electrons. The standard InChI is InChI=1S/C18H18FN3O3S2/c1-11-15-9-16(17(23)21(2)14-7-8-27(24,25)10-14)26-18(15)22(20-11)13-5-3-12(19)4-6-13/h3-6,9,14H,7-8,10H2,1-2H3/t14-/m0/s1. The average molecular weight is 407 g/mol. The number of halogens is 1. The molecule has 0 N–H and O–H groups in total. The highest BCUT2D eigenvalue weighted by Gasteiger charge is 2.33. The molecule has 1 aliphatic rings. The molecule has 27 heavy (non-hydrogen) atoms. The summed E-state index contributed by atoms with van der Waals surface area (Å²) >= 11 is 1.30. The Balaban J connectivity index is 1.68. The van der Waals surface area contributed by atoms with Gasteiger partial charge in [-0.2, -0.15) is 5.10 Å². The van der Waals surface area contributed by atoms with Gasteiger partial charge in [0, 0.05) is 18.5 Å². The van der Waals surface area contributed by atoms with E-state index in [0.717, 1.165) is 15.9 Å². The first-order chi connectivity index (χ1) is 12.7. The van der Waals surface area contributed by atoms with Gasteiger partial charge in [-0.25, -0.2) is 17.5 Å². The van der Waals surface area contributed by atoms with Crippen molar-refractivity contribution in [3.05, 3.63) is 46.7 Å². The Labute approximate surface area is 160 Å². The van der Waals surface area contributed by atoms with Gasteiger partial charge in [0.2, 0.25) is 0 Å². The third-order valence-corrected chi connectivity index (χ3v) is 7.75. The molecular weight excluding hydrogens is 389 g/mol. The maximum Gasteiger partial charge on any atom is 0.264 e. The zero-order valence-electron chi connectivity index (χ0n) is 14.8. The minimum Gasteiger partial charge on any atom is -0.337 e. The molecule has 9 heteroatoms. The lowest BCUT2D eigenvalue weighted by atomic mass is 10.2. The molecule has 2 aromatic heterocycles. The first-order valence-corrected chi connectivity index (χ1v) is 11.1. The summed E-state index contributed by atoms with van der Waals surface area (Å²) in [5, 5.41) is 5.35. The normalized spacial score (nSPS) is 18.9. The number of thiophene rings is 1. The van der Waals surface area contributed by atoms with Crippen molar-refractivity contribution in [3.8, 4) is 5.69 Å². The summed E-state index contributed by atoms with van der Waals surface area (Å²) < 4.78 is 38.3. The van der Waals surface area contributed by atoms with E-state index >= 15 is 0 Å². The molecular formula is C18H18FN3O3S2. The van der Waals surface area contributed by atoms with E-state index in [1.54, 1.807) is 29.9 Å². The lowest BCUT2D eigenvalue weighted by Gasteiger charge is -2.22. The fourth-order valence-corrected chi connectivity index (χ4v) is 6.27. The van der Waals surface area contributed by atoms with E-state index in [-0.39, 0.29) is 29.3 Å². The van der Waals surface area contributed by atoms with Crippen LogP contribution in [0.1, 0.15) is 21.8 Å². The molecule has 6 nitrogen and oxygen atoms in total. The van der Waals surface area contributed by atoms with Crippen molar-refractivity contribution in [2.24, 2.45) is 0 Å². The molecule has 0 unspecified atom stereocenters. The lowest BCUT2D eigenvalue weighted by Crippen LogP contribution is -2.37. The van der Waals surface area contributed by atoms with Crippen LogP contribution >= 0.6 is 11.3 Å². The van der Waals surface area contributed by atoms with E-state index in [1.807, 2.05) is 6.92 Å². The maximum absolute atomic E-state index is 13.2. The molecule has 1 aromatic carbocycles. The minimum absolute atomic E-state index is 0.0164. The van der Waals surface area contributed by atoms with E-state index < -0.39 is 9.84 Å². The van der Waals surface area contributed by atoms with Crippen molar-refractivity contribution >= 4 is 37.3 Å². The highest BCUT2D eigenvalue weighted by molar-refractivity contribution is 7.91. The molecule has 0 saturated carbocycles. The summed E-state index contributed by atoms with van der Waals surface area (Å²) in [7, 11) is -1.41. The van der Waals surface area contributed by atoms with Gasteiger partial charge in [-0.15, -0.1) is 11.3 Å². The van der Waals surface area contributed by atoms with Crippen LogP contribution in [0.15, 0.2) is 30.3 Å². The molecule has 0 aliphatic carbocycles. The van der Waals surface area contributed by atoms with Crippen LogP contribution < -0.4 is 0 Å². The van der Waals surface area contributed by atoms with Crippen molar-refractivity contribution < 1.29 is 17.6 Å². The number of carbonyl (C=O) groups is 1. The summed E-state index contributed by atoms with van der Waals surface area (Å²) in [6.07, 6.45) is 0.470. The van der Waals surface area contributed by atoms with Crippen LogP contribution in [0.4, 0.5) is 4.39 Å². The van der Waals surface area contributed by atoms with Gasteiger partial charge in [-0.3, -0.25) is 4.79 Å². The molecule has 0 spiro atoms. The highest BCUT2D eigenvalue weighted by atomic mass is 32.2. The predicted octanol–water partition coefficient (Wildman–Crippen LogP) is 2.79. The van der Waals surface area contributed by atoms with Gasteiger partial charge in [0.1, 0.15) is 10.6 Å². The summed E-state index contributed by atoms with van der Waals surface area (Å²) in [5.74, 6) is -0.375. The van der Waals surface area contributed by atoms with Crippen LogP contribution in [0.2, 0.25) is 0 Å². The van der Waals surface area contributed by atoms with Crippen molar-refractivity contribution in [2.75, 3.05) is 18.6 Å². The maximum atomic E-state index is 13.2. The number of sulfone groups is 1. The highest BCUT2D eigenvalue weighted by Crippen LogP contribution is 2.32. The second kappa shape index (κ2) is 6.42. The summed E-state index contributed by atoms with van der Waals surface area (Å²) in [4.78, 5) is 15.7. The second-order valence-electron chi connectivity index (χ2n) is 6.78.